The number of hydrogen-bond donors (Lipinski definition) is 5. The Morgan fingerprint density at radius 3 is 1.98 bits per heavy atom. The standard InChI is InChI=1S/C27H46N4O7.C2HF3O2/c1-2-31(24(33)11-7-10-19-12-14-28-15-13-19)18-23(32)29-21(17-25(34)35)26(36)30-22(27(37)38)16-20-8-5-3-4-6-9-20;3-2(4,5)1(6)7/h19-22,28H,2-18H2,1H3,(H,29,32)(H,30,36)(H,34,35)(H,37,38);(H,6,7)/t21-,22-;/m0./s1. The third-order valence-electron chi connectivity index (χ3n) is 8.05. The van der Waals surface area contributed by atoms with Crippen LogP contribution in [0.1, 0.15) is 90.4 Å². The Hall–Kier alpha value is -3.43. The molecule has 0 spiro atoms. The van der Waals surface area contributed by atoms with Crippen molar-refractivity contribution < 1.29 is 62.6 Å². The maximum absolute atomic E-state index is 12.9. The molecule has 1 aliphatic heterocycles. The Balaban J connectivity index is 0.00000129. The molecule has 3 amide bonds. The quantitative estimate of drug-likeness (QED) is 0.152. The molecular weight excluding hydrogens is 605 g/mol. The maximum atomic E-state index is 12.9. The highest BCUT2D eigenvalue weighted by Gasteiger charge is 2.31. The van der Waals surface area contributed by atoms with Gasteiger partial charge in [0.05, 0.1) is 26.1 Å². The first-order valence-electron chi connectivity index (χ1n) is 15.6. The zero-order valence-electron chi connectivity index (χ0n) is 25.7. The van der Waals surface area contributed by atoms with E-state index in [1.54, 1.807) is 6.92 Å². The SMILES string of the molecule is CCN(CC(=O)N[C@@H](CC(=O)O)C(=O)N[C@@H](CC1CCCCCC1)C(=O)O)C(=O)CCCC1CC[NH2+]CC1.O=C([O-])C(F)(F)F. The van der Waals surface area contributed by atoms with Crippen LogP contribution in [0, 0.1) is 11.8 Å². The Morgan fingerprint density at radius 2 is 1.49 bits per heavy atom. The second-order valence-electron chi connectivity index (χ2n) is 11.6. The molecule has 0 aromatic rings. The predicted molar refractivity (Wildman–Crippen MR) is 151 cm³/mol. The number of nitrogens with one attached hydrogen (secondary N) is 2. The van der Waals surface area contributed by atoms with E-state index in [1.807, 2.05) is 0 Å². The molecule has 45 heavy (non-hydrogen) atoms. The minimum atomic E-state index is -5.19. The summed E-state index contributed by atoms with van der Waals surface area (Å²) >= 11 is 0. The van der Waals surface area contributed by atoms with Gasteiger partial charge in [0, 0.05) is 13.0 Å². The number of nitrogens with zero attached hydrogens (tertiary/aromatic N) is 1. The van der Waals surface area contributed by atoms with Crippen molar-refractivity contribution in [2.75, 3.05) is 26.2 Å². The van der Waals surface area contributed by atoms with Gasteiger partial charge < -0.3 is 41.0 Å². The molecule has 1 saturated carbocycles. The van der Waals surface area contributed by atoms with Gasteiger partial charge in [-0.15, -0.1) is 0 Å². The van der Waals surface area contributed by atoms with Gasteiger partial charge in [-0.3, -0.25) is 19.2 Å². The van der Waals surface area contributed by atoms with Gasteiger partial charge in [-0.1, -0.05) is 38.5 Å². The number of quaternary nitrogens is 1. The number of hydrogen-bond acceptors (Lipinski definition) is 7. The molecule has 16 heteroatoms. The number of alkyl halides is 3. The van der Waals surface area contributed by atoms with Crippen LogP contribution in [0.4, 0.5) is 13.2 Å². The van der Waals surface area contributed by atoms with Crippen LogP contribution in [0.2, 0.25) is 0 Å². The van der Waals surface area contributed by atoms with Crippen molar-refractivity contribution >= 4 is 35.6 Å². The summed E-state index contributed by atoms with van der Waals surface area (Å²) < 4.78 is 31.5. The van der Waals surface area contributed by atoms with E-state index in [4.69, 9.17) is 9.90 Å². The van der Waals surface area contributed by atoms with Crippen molar-refractivity contribution in [3.8, 4) is 0 Å². The van der Waals surface area contributed by atoms with E-state index in [0.717, 1.165) is 77.3 Å². The molecular formula is C29H47F3N4O9. The summed E-state index contributed by atoms with van der Waals surface area (Å²) in [6.07, 6.45) is 4.84. The summed E-state index contributed by atoms with van der Waals surface area (Å²) in [6, 6.07) is -2.59. The molecule has 13 nitrogen and oxygen atoms in total. The first-order chi connectivity index (χ1) is 21.1. The number of rotatable bonds is 15. The fraction of sp³-hybridized carbons (Fsp3) is 0.793. The molecule has 0 bridgehead atoms. The molecule has 2 rings (SSSR count). The smallest absolute Gasteiger partial charge is 0.430 e. The van der Waals surface area contributed by atoms with Crippen LogP contribution in [0.5, 0.6) is 0 Å². The number of nitrogens with two attached hydrogens (primary N) is 1. The second kappa shape index (κ2) is 20.6. The van der Waals surface area contributed by atoms with Gasteiger partial charge in [0.1, 0.15) is 18.1 Å². The van der Waals surface area contributed by atoms with Gasteiger partial charge in [0.25, 0.3) is 0 Å². The monoisotopic (exact) mass is 652 g/mol. The van der Waals surface area contributed by atoms with Crippen molar-refractivity contribution in [1.82, 2.24) is 15.5 Å². The van der Waals surface area contributed by atoms with E-state index in [0.29, 0.717) is 18.9 Å². The van der Waals surface area contributed by atoms with Gasteiger partial charge >= 0.3 is 18.1 Å². The Kier molecular flexibility index (Phi) is 18.1. The molecule has 2 fully saturated rings. The van der Waals surface area contributed by atoms with Gasteiger partial charge in [-0.05, 0) is 50.9 Å². The van der Waals surface area contributed by atoms with Crippen LogP contribution in [0.15, 0.2) is 0 Å². The zero-order valence-corrected chi connectivity index (χ0v) is 25.7. The molecule has 2 aliphatic rings. The Labute approximate surface area is 260 Å². The van der Waals surface area contributed by atoms with Crippen LogP contribution in [0.3, 0.4) is 0 Å². The molecule has 1 heterocycles. The number of halogens is 3. The molecule has 1 aliphatic carbocycles. The Bertz CT molecular complexity index is 983. The summed E-state index contributed by atoms with van der Waals surface area (Å²) in [5.74, 6) is -6.33. The highest BCUT2D eigenvalue weighted by molar-refractivity contribution is 5.94. The van der Waals surface area contributed by atoms with Gasteiger partial charge in [0.2, 0.25) is 17.7 Å². The van der Waals surface area contributed by atoms with Crippen molar-refractivity contribution in [3.05, 3.63) is 0 Å². The highest BCUT2D eigenvalue weighted by atomic mass is 19.4. The predicted octanol–water partition coefficient (Wildman–Crippen LogP) is 0.167. The van der Waals surface area contributed by atoms with Gasteiger partial charge in [-0.25, -0.2) is 4.79 Å². The lowest BCUT2D eigenvalue weighted by Gasteiger charge is -2.25. The summed E-state index contributed by atoms with van der Waals surface area (Å²) in [4.78, 5) is 71.7. The molecule has 0 aromatic heterocycles. The fourth-order valence-corrected chi connectivity index (χ4v) is 5.58. The number of carboxylic acid groups (broad SMARTS) is 3. The average molecular weight is 653 g/mol. The molecule has 1 saturated heterocycles. The van der Waals surface area contributed by atoms with E-state index in [-0.39, 0.29) is 24.8 Å². The van der Waals surface area contributed by atoms with E-state index in [9.17, 15) is 47.4 Å². The lowest BCUT2D eigenvalue weighted by atomic mass is 9.92. The first kappa shape index (κ1) is 39.6. The van der Waals surface area contributed by atoms with E-state index in [2.05, 4.69) is 16.0 Å². The Morgan fingerprint density at radius 1 is 0.911 bits per heavy atom. The van der Waals surface area contributed by atoms with Gasteiger partial charge in [-0.2, -0.15) is 13.2 Å². The van der Waals surface area contributed by atoms with Crippen LogP contribution in [0.25, 0.3) is 0 Å². The molecule has 0 radical (unpaired) electrons. The number of carbonyl (C=O) groups is 6. The highest BCUT2D eigenvalue weighted by Crippen LogP contribution is 2.26. The number of carboxylic acids is 3. The largest absolute Gasteiger partial charge is 0.542 e. The topological polar surface area (TPSA) is 210 Å². The number of piperidine rings is 1. The van der Waals surface area contributed by atoms with Crippen molar-refractivity contribution in [2.24, 2.45) is 11.8 Å². The molecule has 258 valence electrons. The normalized spacial score (nSPS) is 17.4. The summed E-state index contributed by atoms with van der Waals surface area (Å²) in [7, 11) is 0. The van der Waals surface area contributed by atoms with Crippen LogP contribution < -0.4 is 21.1 Å². The van der Waals surface area contributed by atoms with Gasteiger partial charge in [0.15, 0.2) is 0 Å². The van der Waals surface area contributed by atoms with Crippen LogP contribution >= 0.6 is 0 Å². The van der Waals surface area contributed by atoms with Crippen molar-refractivity contribution in [1.29, 1.82) is 0 Å². The number of likely N-dealkylation sites (N-methyl/N-ethyl adjacent to an activating group) is 1. The van der Waals surface area contributed by atoms with E-state index < -0.39 is 54.4 Å². The molecule has 2 atom stereocenters. The third-order valence-corrected chi connectivity index (χ3v) is 8.05. The summed E-state index contributed by atoms with van der Waals surface area (Å²) in [5, 5.41) is 34.9. The molecule has 0 unspecified atom stereocenters. The molecule has 0 aromatic carbocycles. The van der Waals surface area contributed by atoms with E-state index in [1.165, 1.54) is 4.90 Å². The zero-order chi connectivity index (χ0) is 34.0. The van der Waals surface area contributed by atoms with Crippen molar-refractivity contribution in [2.45, 2.75) is 109 Å². The number of carbonyl (C=O) groups excluding carboxylic acids is 4. The first-order valence-corrected chi connectivity index (χ1v) is 15.6. The van der Waals surface area contributed by atoms with Crippen LogP contribution in [-0.2, 0) is 28.8 Å². The maximum Gasteiger partial charge on any atom is 0.430 e. The average Bonchev–Trinajstić information content (AvgIpc) is 3.24. The minimum Gasteiger partial charge on any atom is -0.542 e. The minimum absolute atomic E-state index is 0.154. The lowest BCUT2D eigenvalue weighted by molar-refractivity contribution is -0.664. The lowest BCUT2D eigenvalue weighted by Crippen LogP contribution is -2.86. The molecule has 6 N–H and O–H groups in total. The van der Waals surface area contributed by atoms with Crippen molar-refractivity contribution in [3.63, 3.8) is 0 Å². The fourth-order valence-electron chi connectivity index (χ4n) is 5.58. The summed E-state index contributed by atoms with van der Waals surface area (Å²) in [6.45, 7) is 4.02. The number of amides is 3. The third kappa shape index (κ3) is 17.0. The van der Waals surface area contributed by atoms with E-state index >= 15 is 0 Å². The second-order valence-corrected chi connectivity index (χ2v) is 11.6. The van der Waals surface area contributed by atoms with Crippen LogP contribution in [-0.4, -0.2) is 95.2 Å². The summed E-state index contributed by atoms with van der Waals surface area (Å²) in [5.41, 5.74) is 0. The number of aliphatic carboxylic acids is 3.